The summed E-state index contributed by atoms with van der Waals surface area (Å²) in [6.45, 7) is 1.17. The van der Waals surface area contributed by atoms with Gasteiger partial charge in [-0.15, -0.1) is 0 Å². The Kier molecular flexibility index (Phi) is 3.51. The number of carboxylic acids is 1. The summed E-state index contributed by atoms with van der Waals surface area (Å²) in [5.41, 5.74) is 0. The van der Waals surface area contributed by atoms with E-state index in [-0.39, 0.29) is 18.7 Å². The Morgan fingerprint density at radius 3 is 2.71 bits per heavy atom. The largest absolute Gasteiger partial charge is 0.481 e. The number of hydrogen-bond acceptors (Lipinski definition) is 3. The van der Waals surface area contributed by atoms with Crippen molar-refractivity contribution in [2.45, 2.75) is 18.9 Å². The lowest BCUT2D eigenvalue weighted by molar-refractivity contribution is -0.142. The van der Waals surface area contributed by atoms with Crippen LogP contribution in [0.25, 0.3) is 0 Å². The minimum Gasteiger partial charge on any atom is -0.481 e. The Balaban J connectivity index is 1.86. The van der Waals surface area contributed by atoms with E-state index < -0.39 is 11.9 Å². The van der Waals surface area contributed by atoms with Gasteiger partial charge in [0, 0.05) is 13.6 Å². The smallest absolute Gasteiger partial charge is 0.317 e. The molecule has 0 bridgehead atoms. The molecule has 2 fully saturated rings. The second kappa shape index (κ2) is 4.91. The average Bonchev–Trinajstić information content (AvgIpc) is 2.99. The number of nitrogens with one attached hydrogen (secondary N) is 1. The summed E-state index contributed by atoms with van der Waals surface area (Å²) in [4.78, 5) is 24.2. The number of rotatable bonds is 4. The van der Waals surface area contributed by atoms with Gasteiger partial charge < -0.3 is 20.1 Å². The monoisotopic (exact) mass is 242 g/mol. The maximum Gasteiger partial charge on any atom is 0.317 e. The van der Waals surface area contributed by atoms with E-state index in [0.717, 1.165) is 0 Å². The molecule has 2 N–H and O–H groups in total. The van der Waals surface area contributed by atoms with Gasteiger partial charge in [-0.3, -0.25) is 4.79 Å². The van der Waals surface area contributed by atoms with Gasteiger partial charge >= 0.3 is 12.0 Å². The summed E-state index contributed by atoms with van der Waals surface area (Å²) in [5, 5.41) is 11.8. The molecule has 2 rings (SSSR count). The quantitative estimate of drug-likeness (QED) is 0.735. The fourth-order valence-corrected chi connectivity index (χ4v) is 1.99. The predicted octanol–water partition coefficient (Wildman–Crippen LogP) is 0.137. The second-order valence-corrected chi connectivity index (χ2v) is 4.79. The highest BCUT2D eigenvalue weighted by Crippen LogP contribution is 2.27. The van der Waals surface area contributed by atoms with Gasteiger partial charge in [0.1, 0.15) is 5.92 Å². The Morgan fingerprint density at radius 1 is 1.41 bits per heavy atom. The van der Waals surface area contributed by atoms with E-state index in [1.54, 1.807) is 7.05 Å². The van der Waals surface area contributed by atoms with Crippen LogP contribution >= 0.6 is 0 Å². The first-order chi connectivity index (χ1) is 8.09. The molecule has 0 radical (unpaired) electrons. The van der Waals surface area contributed by atoms with Crippen LogP contribution < -0.4 is 5.32 Å². The molecule has 17 heavy (non-hydrogen) atoms. The molecule has 1 saturated heterocycles. The summed E-state index contributed by atoms with van der Waals surface area (Å²) in [6.07, 6.45) is 2.35. The first-order valence-corrected chi connectivity index (χ1v) is 5.91. The van der Waals surface area contributed by atoms with Crippen LogP contribution in [0.1, 0.15) is 12.8 Å². The molecule has 0 aromatic carbocycles. The standard InChI is InChI=1S/C11H18N2O4/c1-13(11(16)12-4-7-2-3-7)9-6-17-5-8(9)10(14)15/h7-9H,2-6H2,1H3,(H,12,16)(H,14,15). The van der Waals surface area contributed by atoms with Crippen LogP contribution in [0.2, 0.25) is 0 Å². The van der Waals surface area contributed by atoms with Crippen LogP contribution in [0.4, 0.5) is 4.79 Å². The van der Waals surface area contributed by atoms with Crippen molar-refractivity contribution in [1.82, 2.24) is 10.2 Å². The number of amides is 2. The van der Waals surface area contributed by atoms with E-state index in [0.29, 0.717) is 19.1 Å². The van der Waals surface area contributed by atoms with Gasteiger partial charge in [-0.25, -0.2) is 4.79 Å². The fraction of sp³-hybridized carbons (Fsp3) is 0.818. The molecule has 0 spiro atoms. The van der Waals surface area contributed by atoms with Crippen molar-refractivity contribution in [3.63, 3.8) is 0 Å². The summed E-state index contributed by atoms with van der Waals surface area (Å²) in [6, 6.07) is -0.578. The lowest BCUT2D eigenvalue weighted by Crippen LogP contribution is -2.48. The number of hydrogen-bond donors (Lipinski definition) is 2. The minimum absolute atomic E-state index is 0.181. The zero-order valence-electron chi connectivity index (χ0n) is 9.89. The van der Waals surface area contributed by atoms with Crippen LogP contribution in [0, 0.1) is 11.8 Å². The van der Waals surface area contributed by atoms with E-state index in [1.807, 2.05) is 0 Å². The van der Waals surface area contributed by atoms with Crippen molar-refractivity contribution in [1.29, 1.82) is 0 Å². The lowest BCUT2D eigenvalue weighted by atomic mass is 10.0. The molecule has 2 atom stereocenters. The number of likely N-dealkylation sites (N-methyl/N-ethyl adjacent to an activating group) is 1. The Morgan fingerprint density at radius 2 is 2.12 bits per heavy atom. The van der Waals surface area contributed by atoms with Gasteiger partial charge in [0.2, 0.25) is 0 Å². The number of nitrogens with zero attached hydrogens (tertiary/aromatic N) is 1. The normalized spacial score (nSPS) is 27.8. The number of carboxylic acid groups (broad SMARTS) is 1. The maximum atomic E-state index is 11.8. The molecule has 6 heteroatoms. The molecule has 96 valence electrons. The highest BCUT2D eigenvalue weighted by atomic mass is 16.5. The third-order valence-electron chi connectivity index (χ3n) is 3.42. The first kappa shape index (κ1) is 12.2. The van der Waals surface area contributed by atoms with E-state index in [2.05, 4.69) is 5.32 Å². The molecule has 1 heterocycles. The van der Waals surface area contributed by atoms with Crippen molar-refractivity contribution >= 4 is 12.0 Å². The molecule has 1 saturated carbocycles. The van der Waals surface area contributed by atoms with Crippen molar-refractivity contribution in [3.8, 4) is 0 Å². The molecule has 2 amide bonds. The summed E-state index contributed by atoms with van der Waals surface area (Å²) < 4.78 is 5.14. The molecule has 6 nitrogen and oxygen atoms in total. The topological polar surface area (TPSA) is 78.9 Å². The SMILES string of the molecule is CN(C(=O)NCC1CC1)C1COCC1C(=O)O. The minimum atomic E-state index is -0.908. The maximum absolute atomic E-state index is 11.8. The van der Waals surface area contributed by atoms with Gasteiger partial charge in [0.25, 0.3) is 0 Å². The van der Waals surface area contributed by atoms with Crippen LogP contribution in [0.5, 0.6) is 0 Å². The van der Waals surface area contributed by atoms with E-state index >= 15 is 0 Å². The van der Waals surface area contributed by atoms with Crippen LogP contribution in [0.15, 0.2) is 0 Å². The third-order valence-corrected chi connectivity index (χ3v) is 3.42. The third kappa shape index (κ3) is 2.88. The van der Waals surface area contributed by atoms with Crippen molar-refractivity contribution < 1.29 is 19.4 Å². The number of aliphatic carboxylic acids is 1. The van der Waals surface area contributed by atoms with Crippen LogP contribution in [-0.2, 0) is 9.53 Å². The van der Waals surface area contributed by atoms with E-state index in [1.165, 1.54) is 17.7 Å². The Hall–Kier alpha value is -1.30. The number of carbonyl (C=O) groups excluding carboxylic acids is 1. The molecule has 1 aliphatic carbocycles. The van der Waals surface area contributed by atoms with Gasteiger partial charge in [-0.05, 0) is 18.8 Å². The molecule has 0 aromatic heterocycles. The van der Waals surface area contributed by atoms with Gasteiger partial charge in [0.05, 0.1) is 19.3 Å². The molecular weight excluding hydrogens is 224 g/mol. The van der Waals surface area contributed by atoms with Gasteiger partial charge in [0.15, 0.2) is 0 Å². The van der Waals surface area contributed by atoms with E-state index in [4.69, 9.17) is 9.84 Å². The average molecular weight is 242 g/mol. The highest BCUT2D eigenvalue weighted by molar-refractivity contribution is 5.77. The first-order valence-electron chi connectivity index (χ1n) is 5.91. The molecular formula is C11H18N2O4. The number of urea groups is 1. The van der Waals surface area contributed by atoms with E-state index in [9.17, 15) is 9.59 Å². The van der Waals surface area contributed by atoms with Crippen molar-refractivity contribution in [3.05, 3.63) is 0 Å². The van der Waals surface area contributed by atoms with Gasteiger partial charge in [-0.1, -0.05) is 0 Å². The molecule has 2 unspecified atom stereocenters. The second-order valence-electron chi connectivity index (χ2n) is 4.79. The zero-order valence-corrected chi connectivity index (χ0v) is 9.89. The predicted molar refractivity (Wildman–Crippen MR) is 59.6 cm³/mol. The van der Waals surface area contributed by atoms with Crippen LogP contribution in [-0.4, -0.2) is 54.9 Å². The summed E-state index contributed by atoms with van der Waals surface area (Å²) >= 11 is 0. The zero-order chi connectivity index (χ0) is 12.4. The van der Waals surface area contributed by atoms with Gasteiger partial charge in [-0.2, -0.15) is 0 Å². The van der Waals surface area contributed by atoms with Crippen molar-refractivity contribution in [2.75, 3.05) is 26.8 Å². The number of carbonyl (C=O) groups is 2. The lowest BCUT2D eigenvalue weighted by Gasteiger charge is -2.26. The van der Waals surface area contributed by atoms with Crippen molar-refractivity contribution in [2.24, 2.45) is 11.8 Å². The highest BCUT2D eigenvalue weighted by Gasteiger charge is 2.38. The Bertz CT molecular complexity index is 317. The molecule has 1 aliphatic heterocycles. The van der Waals surface area contributed by atoms with Crippen LogP contribution in [0.3, 0.4) is 0 Å². The number of ether oxygens (including phenoxy) is 1. The Labute approximate surface area is 99.9 Å². The molecule has 0 aromatic rings. The summed E-state index contributed by atoms with van der Waals surface area (Å²) in [7, 11) is 1.62. The molecule has 2 aliphatic rings. The fourth-order valence-electron chi connectivity index (χ4n) is 1.99. The summed E-state index contributed by atoms with van der Waals surface area (Å²) in [5.74, 6) is -0.913.